The van der Waals surface area contributed by atoms with Gasteiger partial charge in [-0.25, -0.2) is 4.79 Å². The number of hydrogen-bond donors (Lipinski definition) is 1. The fraction of sp³-hybridized carbons (Fsp3) is 0.0800. The summed E-state index contributed by atoms with van der Waals surface area (Å²) >= 11 is 0. The molecule has 0 bridgehead atoms. The lowest BCUT2D eigenvalue weighted by molar-refractivity contribution is 0.431. The lowest BCUT2D eigenvalue weighted by Gasteiger charge is -2.12. The molecule has 4 nitrogen and oxygen atoms in total. The summed E-state index contributed by atoms with van der Waals surface area (Å²) in [5.41, 5.74) is 1.89. The van der Waals surface area contributed by atoms with E-state index in [4.69, 9.17) is 8.83 Å². The molecule has 1 N–H and O–H groups in total. The van der Waals surface area contributed by atoms with Crippen LogP contribution in [0.5, 0.6) is 5.75 Å². The lowest BCUT2D eigenvalue weighted by Crippen LogP contribution is -2.08. The number of hydrogen-bond acceptors (Lipinski definition) is 4. The van der Waals surface area contributed by atoms with Gasteiger partial charge in [0, 0.05) is 17.4 Å². The molecule has 0 aliphatic rings. The van der Waals surface area contributed by atoms with E-state index in [1.807, 2.05) is 54.6 Å². The Balaban J connectivity index is 1.73. The molecule has 0 radical (unpaired) electrons. The first-order valence-corrected chi connectivity index (χ1v) is 9.43. The monoisotopic (exact) mass is 382 g/mol. The predicted octanol–water partition coefficient (Wildman–Crippen LogP) is 5.81. The van der Waals surface area contributed by atoms with Crippen LogP contribution in [0.4, 0.5) is 0 Å². The van der Waals surface area contributed by atoms with Gasteiger partial charge in [0.2, 0.25) is 0 Å². The molecule has 2 heterocycles. The van der Waals surface area contributed by atoms with Gasteiger partial charge < -0.3 is 13.9 Å². The van der Waals surface area contributed by atoms with Gasteiger partial charge in [0.25, 0.3) is 0 Å². The van der Waals surface area contributed by atoms with E-state index in [1.165, 1.54) is 0 Å². The highest BCUT2D eigenvalue weighted by Crippen LogP contribution is 2.36. The van der Waals surface area contributed by atoms with Crippen LogP contribution >= 0.6 is 0 Å². The topological polar surface area (TPSA) is 63.6 Å². The Bertz CT molecular complexity index is 1380. The Labute approximate surface area is 166 Å². The number of aromatic hydroxyl groups is 1. The van der Waals surface area contributed by atoms with Crippen molar-refractivity contribution in [3.8, 4) is 17.3 Å². The molecule has 0 atom stereocenters. The molecular formula is C25H18O4. The second kappa shape index (κ2) is 6.67. The molecule has 0 saturated heterocycles. The van der Waals surface area contributed by atoms with Gasteiger partial charge >= 0.3 is 5.63 Å². The van der Waals surface area contributed by atoms with Crippen LogP contribution in [0.25, 0.3) is 33.3 Å². The molecule has 142 valence electrons. The third-order valence-electron chi connectivity index (χ3n) is 5.31. The molecule has 0 spiro atoms. The molecule has 2 aromatic heterocycles. The zero-order valence-corrected chi connectivity index (χ0v) is 15.8. The highest BCUT2D eigenvalue weighted by Gasteiger charge is 2.22. The summed E-state index contributed by atoms with van der Waals surface area (Å²) in [6.45, 7) is 1.57. The minimum atomic E-state index is -0.570. The highest BCUT2D eigenvalue weighted by molar-refractivity contribution is 5.87. The van der Waals surface area contributed by atoms with Gasteiger partial charge in [-0.3, -0.25) is 0 Å². The van der Waals surface area contributed by atoms with E-state index >= 15 is 0 Å². The van der Waals surface area contributed by atoms with Crippen LogP contribution in [0, 0.1) is 6.92 Å². The Morgan fingerprint density at radius 2 is 1.59 bits per heavy atom. The molecular weight excluding hydrogens is 364 g/mol. The predicted molar refractivity (Wildman–Crippen MR) is 113 cm³/mol. The van der Waals surface area contributed by atoms with Crippen LogP contribution in [-0.4, -0.2) is 5.11 Å². The quantitative estimate of drug-likeness (QED) is 0.428. The normalized spacial score (nSPS) is 11.3. The molecule has 0 aliphatic carbocycles. The van der Waals surface area contributed by atoms with Gasteiger partial charge in [0.15, 0.2) is 11.5 Å². The summed E-state index contributed by atoms with van der Waals surface area (Å²) < 4.78 is 11.5. The standard InChI is InChI=1S/C25H18O4/c1-15-23(26)20(13-17-10-6-9-16-7-2-4-11-19(16)17)24(29-25(15)27)22-14-18-8-3-5-12-21(18)28-22/h2-12,14,26H,13H2,1H3. The molecule has 0 unspecified atom stereocenters. The average Bonchev–Trinajstić information content (AvgIpc) is 3.18. The number of furan rings is 1. The number of rotatable bonds is 3. The van der Waals surface area contributed by atoms with E-state index < -0.39 is 5.63 Å². The second-order valence-electron chi connectivity index (χ2n) is 7.13. The molecule has 4 heteroatoms. The van der Waals surface area contributed by atoms with Crippen LogP contribution < -0.4 is 5.63 Å². The first kappa shape index (κ1) is 17.3. The Hall–Kier alpha value is -3.79. The van der Waals surface area contributed by atoms with Crippen LogP contribution in [0.1, 0.15) is 16.7 Å². The lowest BCUT2D eigenvalue weighted by atomic mass is 9.96. The van der Waals surface area contributed by atoms with E-state index in [9.17, 15) is 9.90 Å². The minimum absolute atomic E-state index is 0.0513. The first-order valence-electron chi connectivity index (χ1n) is 9.43. The van der Waals surface area contributed by atoms with E-state index in [0.29, 0.717) is 23.3 Å². The van der Waals surface area contributed by atoms with Crippen LogP contribution in [0.3, 0.4) is 0 Å². The van der Waals surface area contributed by atoms with Crippen molar-refractivity contribution < 1.29 is 13.9 Å². The van der Waals surface area contributed by atoms with E-state index in [-0.39, 0.29) is 17.1 Å². The van der Waals surface area contributed by atoms with Crippen molar-refractivity contribution in [3.63, 3.8) is 0 Å². The van der Waals surface area contributed by atoms with Crippen molar-refractivity contribution in [2.45, 2.75) is 13.3 Å². The van der Waals surface area contributed by atoms with Crippen LogP contribution in [0.15, 0.2) is 86.4 Å². The van der Waals surface area contributed by atoms with Crippen molar-refractivity contribution in [1.29, 1.82) is 0 Å². The second-order valence-corrected chi connectivity index (χ2v) is 7.13. The zero-order valence-electron chi connectivity index (χ0n) is 15.8. The summed E-state index contributed by atoms with van der Waals surface area (Å²) in [4.78, 5) is 12.3. The smallest absolute Gasteiger partial charge is 0.343 e. The third-order valence-corrected chi connectivity index (χ3v) is 5.31. The highest BCUT2D eigenvalue weighted by atomic mass is 16.4. The van der Waals surface area contributed by atoms with Gasteiger partial charge in [-0.1, -0.05) is 60.7 Å². The summed E-state index contributed by atoms with van der Waals surface area (Å²) in [7, 11) is 0. The summed E-state index contributed by atoms with van der Waals surface area (Å²) in [5.74, 6) is 0.640. The van der Waals surface area contributed by atoms with Crippen LogP contribution in [0.2, 0.25) is 0 Å². The first-order chi connectivity index (χ1) is 14.1. The summed E-state index contributed by atoms with van der Waals surface area (Å²) in [6, 6.07) is 23.6. The molecule has 5 aromatic rings. The number of para-hydroxylation sites is 1. The van der Waals surface area contributed by atoms with Gasteiger partial charge in [-0.2, -0.15) is 0 Å². The van der Waals surface area contributed by atoms with E-state index in [0.717, 1.165) is 21.7 Å². The molecule has 0 amide bonds. The Morgan fingerprint density at radius 3 is 2.41 bits per heavy atom. The Morgan fingerprint density at radius 1 is 0.862 bits per heavy atom. The number of benzene rings is 3. The maximum Gasteiger partial charge on any atom is 0.343 e. The van der Waals surface area contributed by atoms with E-state index in [2.05, 4.69) is 18.2 Å². The van der Waals surface area contributed by atoms with Crippen molar-refractivity contribution in [3.05, 3.63) is 99.9 Å². The van der Waals surface area contributed by atoms with E-state index in [1.54, 1.807) is 6.92 Å². The molecule has 0 aliphatic heterocycles. The fourth-order valence-electron chi connectivity index (χ4n) is 3.76. The van der Waals surface area contributed by atoms with Crippen molar-refractivity contribution >= 4 is 21.7 Å². The third kappa shape index (κ3) is 2.90. The largest absolute Gasteiger partial charge is 0.507 e. The molecule has 5 rings (SSSR count). The molecule has 0 fully saturated rings. The van der Waals surface area contributed by atoms with Gasteiger partial charge in [0.1, 0.15) is 11.3 Å². The van der Waals surface area contributed by atoms with Crippen molar-refractivity contribution in [1.82, 2.24) is 0 Å². The van der Waals surface area contributed by atoms with Gasteiger partial charge in [-0.15, -0.1) is 0 Å². The van der Waals surface area contributed by atoms with Crippen LogP contribution in [-0.2, 0) is 6.42 Å². The number of fused-ring (bicyclic) bond motifs is 2. The van der Waals surface area contributed by atoms with Gasteiger partial charge in [-0.05, 0) is 35.4 Å². The maximum atomic E-state index is 12.3. The van der Waals surface area contributed by atoms with Crippen molar-refractivity contribution in [2.24, 2.45) is 0 Å². The zero-order chi connectivity index (χ0) is 20.0. The maximum absolute atomic E-state index is 12.3. The molecule has 0 saturated carbocycles. The molecule has 29 heavy (non-hydrogen) atoms. The van der Waals surface area contributed by atoms with Crippen molar-refractivity contribution in [2.75, 3.05) is 0 Å². The van der Waals surface area contributed by atoms with Gasteiger partial charge in [0.05, 0.1) is 5.56 Å². The Kier molecular flexibility index (Phi) is 3.98. The summed E-state index contributed by atoms with van der Waals surface area (Å²) in [6.07, 6.45) is 0.407. The minimum Gasteiger partial charge on any atom is -0.507 e. The average molecular weight is 382 g/mol. The molecule has 3 aromatic carbocycles. The summed E-state index contributed by atoms with van der Waals surface area (Å²) in [5, 5.41) is 13.9. The SMILES string of the molecule is Cc1c(O)c(Cc2cccc3ccccc23)c(-c2cc3ccccc3o2)oc1=O. The fourth-order valence-corrected chi connectivity index (χ4v) is 3.76.